The van der Waals surface area contributed by atoms with Gasteiger partial charge in [-0.15, -0.1) is 0 Å². The zero-order valence-electron chi connectivity index (χ0n) is 12.4. The van der Waals surface area contributed by atoms with Crippen molar-refractivity contribution >= 4 is 5.91 Å². The van der Waals surface area contributed by atoms with Crippen molar-refractivity contribution in [2.24, 2.45) is 0 Å². The molecule has 1 saturated heterocycles. The minimum atomic E-state index is 0.0862. The Morgan fingerprint density at radius 1 is 1.00 bits per heavy atom. The molecule has 0 aromatic heterocycles. The van der Waals surface area contributed by atoms with Crippen LogP contribution < -0.4 is 5.32 Å². The van der Waals surface area contributed by atoms with Gasteiger partial charge in [0.15, 0.2) is 0 Å². The summed E-state index contributed by atoms with van der Waals surface area (Å²) >= 11 is 0. The summed E-state index contributed by atoms with van der Waals surface area (Å²) in [5, 5.41) is 3.53. The van der Waals surface area contributed by atoms with Gasteiger partial charge in [0.25, 0.3) is 0 Å². The summed E-state index contributed by atoms with van der Waals surface area (Å²) in [7, 11) is 0. The van der Waals surface area contributed by atoms with Crippen LogP contribution in [0.5, 0.6) is 0 Å². The van der Waals surface area contributed by atoms with Gasteiger partial charge in [-0.25, -0.2) is 0 Å². The number of nitrogens with one attached hydrogen (secondary N) is 1. The molecule has 0 aromatic carbocycles. The van der Waals surface area contributed by atoms with Gasteiger partial charge in [-0.3, -0.25) is 10.1 Å². The molecule has 2 atom stereocenters. The number of carbonyl (C=O) groups excluding carboxylic acids is 1. The van der Waals surface area contributed by atoms with Gasteiger partial charge in [0.05, 0.1) is 12.2 Å². The maximum Gasteiger partial charge on any atom is 0.241 e. The van der Waals surface area contributed by atoms with Crippen LogP contribution in [-0.4, -0.2) is 29.6 Å². The lowest BCUT2D eigenvalue weighted by Gasteiger charge is -2.23. The van der Waals surface area contributed by atoms with Crippen LogP contribution in [0.2, 0.25) is 0 Å². The van der Waals surface area contributed by atoms with Crippen LogP contribution in [-0.2, 0) is 4.79 Å². The van der Waals surface area contributed by atoms with E-state index in [1.165, 1.54) is 19.3 Å². The van der Waals surface area contributed by atoms with E-state index in [2.05, 4.69) is 31.0 Å². The van der Waals surface area contributed by atoms with E-state index in [-0.39, 0.29) is 6.04 Å². The Kier molecular flexibility index (Phi) is 7.33. The van der Waals surface area contributed by atoms with Gasteiger partial charge in [-0.2, -0.15) is 0 Å². The molecule has 0 spiro atoms. The predicted octanol–water partition coefficient (Wildman–Crippen LogP) is 3.29. The third-order valence-electron chi connectivity index (χ3n) is 3.76. The molecule has 0 aromatic rings. The number of amides is 1. The van der Waals surface area contributed by atoms with Gasteiger partial charge in [0, 0.05) is 6.54 Å². The van der Waals surface area contributed by atoms with Crippen LogP contribution in [0.3, 0.4) is 0 Å². The minimum absolute atomic E-state index is 0.0862. The topological polar surface area (TPSA) is 32.3 Å². The molecule has 1 N–H and O–H groups in total. The third kappa shape index (κ3) is 4.27. The Morgan fingerprint density at radius 2 is 1.72 bits per heavy atom. The van der Waals surface area contributed by atoms with E-state index in [4.69, 9.17) is 0 Å². The van der Waals surface area contributed by atoms with Gasteiger partial charge >= 0.3 is 0 Å². The fourth-order valence-electron chi connectivity index (χ4n) is 2.67. The lowest BCUT2D eigenvalue weighted by molar-refractivity contribution is -0.130. The summed E-state index contributed by atoms with van der Waals surface area (Å²) in [6.45, 7) is 7.52. The van der Waals surface area contributed by atoms with E-state index in [1.54, 1.807) is 0 Å². The number of unbranched alkanes of at least 4 members (excludes halogenated alkanes) is 3. The Morgan fingerprint density at radius 3 is 2.33 bits per heavy atom. The second kappa shape index (κ2) is 8.52. The normalized spacial score (nSPS) is 23.9. The van der Waals surface area contributed by atoms with Gasteiger partial charge in [-0.05, 0) is 19.3 Å². The Labute approximate surface area is 112 Å². The molecule has 0 bridgehead atoms. The Balaban J connectivity index is 2.50. The quantitative estimate of drug-likeness (QED) is 0.640. The summed E-state index contributed by atoms with van der Waals surface area (Å²) in [5.41, 5.74) is 0. The second-order valence-electron chi connectivity index (χ2n) is 5.40. The highest BCUT2D eigenvalue weighted by atomic mass is 16.2. The van der Waals surface area contributed by atoms with Crippen molar-refractivity contribution in [3.05, 3.63) is 0 Å². The van der Waals surface area contributed by atoms with Gasteiger partial charge in [-0.1, -0.05) is 52.9 Å². The first-order valence-corrected chi connectivity index (χ1v) is 7.81. The first-order chi connectivity index (χ1) is 8.74. The molecule has 1 aliphatic heterocycles. The van der Waals surface area contributed by atoms with E-state index in [0.29, 0.717) is 12.1 Å². The van der Waals surface area contributed by atoms with Crippen molar-refractivity contribution in [1.82, 2.24) is 10.2 Å². The molecule has 18 heavy (non-hydrogen) atoms. The van der Waals surface area contributed by atoms with E-state index in [9.17, 15) is 4.79 Å². The SMILES string of the molecule is CCCCCN1C(=O)C(CCCC)NC1CCC. The fraction of sp³-hybridized carbons (Fsp3) is 0.933. The molecular formula is C15H30N2O. The standard InChI is InChI=1S/C15H30N2O/c1-4-7-9-12-17-14(10-6-3)16-13(15(17)18)11-8-5-2/h13-14,16H,4-12H2,1-3H3. The Bertz CT molecular complexity index is 243. The number of hydrogen-bond donors (Lipinski definition) is 1. The van der Waals surface area contributed by atoms with Gasteiger partial charge in [0.1, 0.15) is 0 Å². The van der Waals surface area contributed by atoms with Crippen molar-refractivity contribution in [1.29, 1.82) is 0 Å². The fourth-order valence-corrected chi connectivity index (χ4v) is 2.67. The molecule has 2 unspecified atom stereocenters. The number of nitrogens with zero attached hydrogens (tertiary/aromatic N) is 1. The van der Waals surface area contributed by atoms with Crippen molar-refractivity contribution in [3.63, 3.8) is 0 Å². The van der Waals surface area contributed by atoms with Crippen molar-refractivity contribution < 1.29 is 4.79 Å². The lowest BCUT2D eigenvalue weighted by Crippen LogP contribution is -2.37. The van der Waals surface area contributed by atoms with Crippen molar-refractivity contribution in [2.45, 2.75) is 84.3 Å². The van der Waals surface area contributed by atoms with Gasteiger partial charge < -0.3 is 4.90 Å². The number of rotatable bonds is 9. The average Bonchev–Trinajstić information content (AvgIpc) is 2.65. The summed E-state index contributed by atoms with van der Waals surface area (Å²) in [5.74, 6) is 0.345. The van der Waals surface area contributed by atoms with Crippen LogP contribution in [0, 0.1) is 0 Å². The zero-order valence-corrected chi connectivity index (χ0v) is 12.4. The van der Waals surface area contributed by atoms with Crippen LogP contribution in [0.25, 0.3) is 0 Å². The van der Waals surface area contributed by atoms with E-state index >= 15 is 0 Å². The molecule has 1 aliphatic rings. The first-order valence-electron chi connectivity index (χ1n) is 7.81. The molecule has 3 heteroatoms. The predicted molar refractivity (Wildman–Crippen MR) is 76.4 cm³/mol. The molecule has 0 aliphatic carbocycles. The smallest absolute Gasteiger partial charge is 0.241 e. The largest absolute Gasteiger partial charge is 0.326 e. The maximum absolute atomic E-state index is 12.4. The Hall–Kier alpha value is -0.570. The molecule has 0 radical (unpaired) electrons. The summed E-state index contributed by atoms with van der Waals surface area (Å²) < 4.78 is 0. The highest BCUT2D eigenvalue weighted by molar-refractivity contribution is 5.84. The van der Waals surface area contributed by atoms with Crippen LogP contribution >= 0.6 is 0 Å². The molecule has 0 saturated carbocycles. The molecule has 1 rings (SSSR count). The van der Waals surface area contributed by atoms with Crippen molar-refractivity contribution in [3.8, 4) is 0 Å². The average molecular weight is 254 g/mol. The first kappa shape index (κ1) is 15.5. The molecule has 1 amide bonds. The number of carbonyl (C=O) groups is 1. The zero-order chi connectivity index (χ0) is 13.4. The van der Waals surface area contributed by atoms with Gasteiger partial charge in [0.2, 0.25) is 5.91 Å². The maximum atomic E-state index is 12.4. The summed E-state index contributed by atoms with van der Waals surface area (Å²) in [4.78, 5) is 14.5. The molecule has 3 nitrogen and oxygen atoms in total. The highest BCUT2D eigenvalue weighted by Crippen LogP contribution is 2.19. The molecular weight excluding hydrogens is 224 g/mol. The van der Waals surface area contributed by atoms with Crippen LogP contribution in [0.1, 0.15) is 72.1 Å². The van der Waals surface area contributed by atoms with E-state index in [1.807, 2.05) is 0 Å². The second-order valence-corrected chi connectivity index (χ2v) is 5.40. The molecule has 106 valence electrons. The molecule has 1 fully saturated rings. The van der Waals surface area contributed by atoms with Crippen molar-refractivity contribution in [2.75, 3.05) is 6.54 Å². The third-order valence-corrected chi connectivity index (χ3v) is 3.76. The summed E-state index contributed by atoms with van der Waals surface area (Å²) in [6, 6.07) is 0.0862. The minimum Gasteiger partial charge on any atom is -0.326 e. The monoisotopic (exact) mass is 254 g/mol. The van der Waals surface area contributed by atoms with Crippen LogP contribution in [0.15, 0.2) is 0 Å². The summed E-state index contributed by atoms with van der Waals surface area (Å²) in [6.07, 6.45) is 9.40. The van der Waals surface area contributed by atoms with E-state index < -0.39 is 0 Å². The highest BCUT2D eigenvalue weighted by Gasteiger charge is 2.36. The molecule has 1 heterocycles. The van der Waals surface area contributed by atoms with Crippen LogP contribution in [0.4, 0.5) is 0 Å². The lowest BCUT2D eigenvalue weighted by atomic mass is 10.1. The van der Waals surface area contributed by atoms with E-state index in [0.717, 1.165) is 38.6 Å². The number of hydrogen-bond acceptors (Lipinski definition) is 2.